The maximum atomic E-state index is 11.9. The van der Waals surface area contributed by atoms with Crippen molar-refractivity contribution in [3.63, 3.8) is 0 Å². The highest BCUT2D eigenvalue weighted by atomic mass is 19.4. The van der Waals surface area contributed by atoms with Crippen molar-refractivity contribution in [1.82, 2.24) is 0 Å². The molecule has 1 fully saturated rings. The lowest BCUT2D eigenvalue weighted by Crippen LogP contribution is -2.53. The van der Waals surface area contributed by atoms with Crippen LogP contribution in [0.2, 0.25) is 0 Å². The smallest absolute Gasteiger partial charge is 0.480 e. The zero-order chi connectivity index (χ0) is 13.4. The fourth-order valence-electron chi connectivity index (χ4n) is 1.70. The molecule has 1 aromatic carbocycles. The Hall–Kier alpha value is -1.76. The standard InChI is InChI=1S/C11H9F3O4/c12-11(13,14)18-8-3-1-7(2-4-8)10(9(15)16)5-17-6-10/h1-4H,5-6H2,(H,15,16). The molecule has 1 saturated heterocycles. The molecule has 1 aromatic rings. The van der Waals surface area contributed by atoms with Crippen LogP contribution in [0.5, 0.6) is 5.75 Å². The van der Waals surface area contributed by atoms with Gasteiger partial charge in [-0.25, -0.2) is 0 Å². The Bertz CT molecular complexity index is 448. The van der Waals surface area contributed by atoms with E-state index in [9.17, 15) is 18.0 Å². The van der Waals surface area contributed by atoms with Crippen LogP contribution in [0, 0.1) is 0 Å². The Morgan fingerprint density at radius 2 is 1.83 bits per heavy atom. The first-order chi connectivity index (χ1) is 8.33. The number of rotatable bonds is 3. The highest BCUT2D eigenvalue weighted by Gasteiger charge is 2.47. The molecule has 18 heavy (non-hydrogen) atoms. The van der Waals surface area contributed by atoms with E-state index < -0.39 is 17.7 Å². The molecule has 1 aliphatic rings. The molecule has 7 heteroatoms. The van der Waals surface area contributed by atoms with Crippen molar-refractivity contribution in [2.45, 2.75) is 11.8 Å². The van der Waals surface area contributed by atoms with E-state index in [1.807, 2.05) is 0 Å². The predicted molar refractivity (Wildman–Crippen MR) is 53.3 cm³/mol. The molecule has 1 aliphatic heterocycles. The molecule has 0 aromatic heterocycles. The van der Waals surface area contributed by atoms with Crippen LogP contribution in [0.25, 0.3) is 0 Å². The summed E-state index contributed by atoms with van der Waals surface area (Å²) in [5.74, 6) is -1.44. The van der Waals surface area contributed by atoms with Gasteiger partial charge in [-0.05, 0) is 17.7 Å². The van der Waals surface area contributed by atoms with Crippen LogP contribution < -0.4 is 4.74 Å². The average molecular weight is 262 g/mol. The van der Waals surface area contributed by atoms with Gasteiger partial charge in [0, 0.05) is 0 Å². The van der Waals surface area contributed by atoms with Crippen molar-refractivity contribution in [3.8, 4) is 5.75 Å². The quantitative estimate of drug-likeness (QED) is 0.904. The maximum Gasteiger partial charge on any atom is 0.573 e. The van der Waals surface area contributed by atoms with Crippen LogP contribution in [-0.2, 0) is 14.9 Å². The van der Waals surface area contributed by atoms with Gasteiger partial charge in [0.1, 0.15) is 11.2 Å². The van der Waals surface area contributed by atoms with Gasteiger partial charge in [0.2, 0.25) is 0 Å². The number of hydrogen-bond donors (Lipinski definition) is 1. The van der Waals surface area contributed by atoms with E-state index >= 15 is 0 Å². The maximum absolute atomic E-state index is 11.9. The number of carboxylic acid groups (broad SMARTS) is 1. The fraction of sp³-hybridized carbons (Fsp3) is 0.364. The van der Waals surface area contributed by atoms with Crippen LogP contribution in [0.4, 0.5) is 13.2 Å². The Kier molecular flexibility index (Phi) is 2.94. The second kappa shape index (κ2) is 4.16. The Labute approximate surface area is 99.9 Å². The summed E-state index contributed by atoms with van der Waals surface area (Å²) >= 11 is 0. The number of alkyl halides is 3. The van der Waals surface area contributed by atoms with Gasteiger partial charge < -0.3 is 14.6 Å². The molecule has 4 nitrogen and oxygen atoms in total. The summed E-state index contributed by atoms with van der Waals surface area (Å²) in [7, 11) is 0. The van der Waals surface area contributed by atoms with Crippen LogP contribution in [-0.4, -0.2) is 30.7 Å². The van der Waals surface area contributed by atoms with Crippen molar-refractivity contribution in [2.24, 2.45) is 0 Å². The van der Waals surface area contributed by atoms with Crippen molar-refractivity contribution in [3.05, 3.63) is 29.8 Å². The third-order valence-electron chi connectivity index (χ3n) is 2.75. The Morgan fingerprint density at radius 1 is 1.28 bits per heavy atom. The topological polar surface area (TPSA) is 55.8 Å². The number of carboxylic acids is 1. The second-order valence-corrected chi connectivity index (χ2v) is 3.95. The van der Waals surface area contributed by atoms with Crippen LogP contribution in [0.15, 0.2) is 24.3 Å². The van der Waals surface area contributed by atoms with Crippen molar-refractivity contribution < 1.29 is 32.5 Å². The molecular formula is C11H9F3O4. The molecule has 0 amide bonds. The van der Waals surface area contributed by atoms with Crippen molar-refractivity contribution in [2.75, 3.05) is 13.2 Å². The molecule has 0 radical (unpaired) electrons. The highest BCUT2D eigenvalue weighted by Crippen LogP contribution is 2.34. The molecule has 2 rings (SSSR count). The molecular weight excluding hydrogens is 253 g/mol. The highest BCUT2D eigenvalue weighted by molar-refractivity contribution is 5.83. The van der Waals surface area contributed by atoms with E-state index in [1.54, 1.807) is 0 Å². The first-order valence-electron chi connectivity index (χ1n) is 5.01. The largest absolute Gasteiger partial charge is 0.573 e. The summed E-state index contributed by atoms with van der Waals surface area (Å²) in [6, 6.07) is 4.78. The minimum Gasteiger partial charge on any atom is -0.480 e. The lowest BCUT2D eigenvalue weighted by atomic mass is 9.79. The number of aliphatic carboxylic acids is 1. The molecule has 0 bridgehead atoms. The van der Waals surface area contributed by atoms with Gasteiger partial charge >= 0.3 is 12.3 Å². The zero-order valence-corrected chi connectivity index (χ0v) is 9.03. The summed E-state index contributed by atoms with van der Waals surface area (Å²) in [6.07, 6.45) is -4.76. The van der Waals surface area contributed by atoms with Gasteiger partial charge in [0.15, 0.2) is 0 Å². The summed E-state index contributed by atoms with van der Waals surface area (Å²) in [4.78, 5) is 11.1. The van der Waals surface area contributed by atoms with Gasteiger partial charge in [-0.3, -0.25) is 4.79 Å². The Balaban J connectivity index is 2.20. The van der Waals surface area contributed by atoms with Crippen molar-refractivity contribution >= 4 is 5.97 Å². The number of hydrogen-bond acceptors (Lipinski definition) is 3. The predicted octanol–water partition coefficient (Wildman–Crippen LogP) is 1.94. The molecule has 98 valence electrons. The van der Waals surface area contributed by atoms with Gasteiger partial charge in [-0.2, -0.15) is 0 Å². The first-order valence-corrected chi connectivity index (χ1v) is 5.01. The summed E-state index contributed by atoms with van der Waals surface area (Å²) in [6.45, 7) is 0.0314. The van der Waals surface area contributed by atoms with Gasteiger partial charge in [-0.1, -0.05) is 12.1 Å². The van der Waals surface area contributed by atoms with E-state index in [1.165, 1.54) is 12.1 Å². The monoisotopic (exact) mass is 262 g/mol. The average Bonchev–Trinajstić information content (AvgIpc) is 2.15. The summed E-state index contributed by atoms with van der Waals surface area (Å²) in [5, 5.41) is 9.10. The van der Waals surface area contributed by atoms with Gasteiger partial charge in [-0.15, -0.1) is 13.2 Å². The van der Waals surface area contributed by atoms with Crippen LogP contribution in [0.3, 0.4) is 0 Å². The summed E-state index contributed by atoms with van der Waals surface area (Å²) in [5.41, 5.74) is -0.757. The van der Waals surface area contributed by atoms with E-state index in [-0.39, 0.29) is 19.0 Å². The third kappa shape index (κ3) is 2.26. The van der Waals surface area contributed by atoms with E-state index in [0.717, 1.165) is 12.1 Å². The SMILES string of the molecule is O=C(O)C1(c2ccc(OC(F)(F)F)cc2)COC1. The lowest BCUT2D eigenvalue weighted by molar-refractivity contribution is -0.274. The molecule has 1 N–H and O–H groups in total. The Morgan fingerprint density at radius 3 is 2.17 bits per heavy atom. The third-order valence-corrected chi connectivity index (χ3v) is 2.75. The van der Waals surface area contributed by atoms with Crippen molar-refractivity contribution in [1.29, 1.82) is 0 Å². The lowest BCUT2D eigenvalue weighted by Gasteiger charge is -2.37. The molecule has 0 spiro atoms. The number of carbonyl (C=O) groups is 1. The molecule has 1 heterocycles. The van der Waals surface area contributed by atoms with Gasteiger partial charge in [0.05, 0.1) is 13.2 Å². The number of benzene rings is 1. The fourth-order valence-corrected chi connectivity index (χ4v) is 1.70. The number of halogens is 3. The second-order valence-electron chi connectivity index (χ2n) is 3.95. The molecule has 0 unspecified atom stereocenters. The van der Waals surface area contributed by atoms with E-state index in [0.29, 0.717) is 5.56 Å². The van der Waals surface area contributed by atoms with E-state index in [4.69, 9.17) is 9.84 Å². The first kappa shape index (κ1) is 12.7. The summed E-state index contributed by atoms with van der Waals surface area (Å²) < 4.78 is 44.4. The van der Waals surface area contributed by atoms with Crippen LogP contribution in [0.1, 0.15) is 5.56 Å². The minimum atomic E-state index is -4.76. The van der Waals surface area contributed by atoms with Gasteiger partial charge in [0.25, 0.3) is 0 Å². The number of ether oxygens (including phenoxy) is 2. The van der Waals surface area contributed by atoms with Crippen LogP contribution >= 0.6 is 0 Å². The molecule has 0 saturated carbocycles. The zero-order valence-electron chi connectivity index (χ0n) is 9.03. The van der Waals surface area contributed by atoms with E-state index in [2.05, 4.69) is 4.74 Å². The normalized spacial score (nSPS) is 17.9. The molecule has 0 aliphatic carbocycles. The molecule has 0 atom stereocenters. The minimum absolute atomic E-state index is 0.0157.